The maximum absolute atomic E-state index is 12.8. The molecule has 4 aromatic rings. The Morgan fingerprint density at radius 2 is 1.97 bits per heavy atom. The monoisotopic (exact) mass is 514 g/mol. The summed E-state index contributed by atoms with van der Waals surface area (Å²) in [4.78, 5) is 17.3. The first-order valence-electron chi connectivity index (χ1n) is 10.4. The highest BCUT2D eigenvalue weighted by Crippen LogP contribution is 2.29. The van der Waals surface area contributed by atoms with Crippen molar-refractivity contribution in [3.63, 3.8) is 0 Å². The van der Waals surface area contributed by atoms with E-state index >= 15 is 0 Å². The predicted molar refractivity (Wildman–Crippen MR) is 127 cm³/mol. The molecule has 3 heterocycles. The van der Waals surface area contributed by atoms with Crippen LogP contribution in [-0.2, 0) is 27.8 Å². The summed E-state index contributed by atoms with van der Waals surface area (Å²) in [5.41, 5.74) is 3.35. The van der Waals surface area contributed by atoms with Gasteiger partial charge in [-0.05, 0) is 35.9 Å². The van der Waals surface area contributed by atoms with Crippen LogP contribution >= 0.6 is 11.3 Å². The van der Waals surface area contributed by atoms with Gasteiger partial charge in [0.05, 0.1) is 36.1 Å². The molecule has 3 aromatic heterocycles. The minimum absolute atomic E-state index is 0.138. The number of nitrogens with one attached hydrogen (secondary N) is 2. The summed E-state index contributed by atoms with van der Waals surface area (Å²) in [6.45, 7) is -0.138. The number of methoxy groups -OCH3 is 1. The van der Waals surface area contributed by atoms with Crippen molar-refractivity contribution in [1.82, 2.24) is 30.2 Å². The number of para-hydroxylation sites is 1. The van der Waals surface area contributed by atoms with Gasteiger partial charge in [0, 0.05) is 12.6 Å². The minimum Gasteiger partial charge on any atom is -0.496 e. The first-order chi connectivity index (χ1) is 16.9. The normalized spacial score (nSPS) is 12.3. The third-order valence-corrected chi connectivity index (χ3v) is 8.10. The third kappa shape index (κ3) is 5.71. The molecule has 182 valence electrons. The van der Waals surface area contributed by atoms with Crippen LogP contribution in [0.1, 0.15) is 17.3 Å². The smallest absolute Gasteiger partial charge is 0.268 e. The van der Waals surface area contributed by atoms with E-state index in [1.807, 2.05) is 6.07 Å². The van der Waals surface area contributed by atoms with Gasteiger partial charge in [0.1, 0.15) is 16.0 Å². The van der Waals surface area contributed by atoms with Gasteiger partial charge in [-0.2, -0.15) is 0 Å². The van der Waals surface area contributed by atoms with Crippen LogP contribution in [-0.4, -0.2) is 46.6 Å². The Labute approximate surface area is 205 Å². The van der Waals surface area contributed by atoms with Gasteiger partial charge in [0.25, 0.3) is 5.91 Å². The fourth-order valence-corrected chi connectivity index (χ4v) is 5.68. The zero-order valence-electron chi connectivity index (χ0n) is 18.5. The number of hydrogen-bond acceptors (Lipinski definition) is 9. The number of rotatable bonds is 10. The highest BCUT2D eigenvalue weighted by atomic mass is 32.2. The van der Waals surface area contributed by atoms with Gasteiger partial charge in [0.15, 0.2) is 0 Å². The van der Waals surface area contributed by atoms with Crippen LogP contribution in [0.2, 0.25) is 0 Å². The summed E-state index contributed by atoms with van der Waals surface area (Å²) in [5.74, 6) is -0.120. The van der Waals surface area contributed by atoms with Crippen LogP contribution in [0.5, 0.6) is 5.75 Å². The SMILES string of the molecule is COc1ccccc1C[C@@H](C(=O)NO)n1cc(CNS(=O)(=O)c2ccc(-c3ccccn3)s2)nn1. The lowest BCUT2D eigenvalue weighted by Crippen LogP contribution is -2.32. The number of ether oxygens (including phenoxy) is 1. The number of carbonyl (C=O) groups excluding carboxylic acids is 1. The molecule has 3 N–H and O–H groups in total. The van der Waals surface area contributed by atoms with Gasteiger partial charge < -0.3 is 4.74 Å². The van der Waals surface area contributed by atoms with Gasteiger partial charge in [-0.25, -0.2) is 23.3 Å². The molecule has 0 saturated heterocycles. The second kappa shape index (κ2) is 10.7. The number of hydroxylamine groups is 1. The first kappa shape index (κ1) is 24.5. The summed E-state index contributed by atoms with van der Waals surface area (Å²) in [7, 11) is -2.29. The molecule has 0 aliphatic rings. The molecule has 0 saturated carbocycles. The summed E-state index contributed by atoms with van der Waals surface area (Å²) in [6.07, 6.45) is 3.25. The Morgan fingerprint density at radius 1 is 1.17 bits per heavy atom. The Kier molecular flexibility index (Phi) is 7.51. The number of hydrogen-bond donors (Lipinski definition) is 3. The van der Waals surface area contributed by atoms with Crippen LogP contribution in [0.4, 0.5) is 0 Å². The Bertz CT molecular complexity index is 1400. The quantitative estimate of drug-likeness (QED) is 0.215. The molecular weight excluding hydrogens is 492 g/mol. The number of carbonyl (C=O) groups is 1. The van der Waals surface area contributed by atoms with E-state index < -0.39 is 22.0 Å². The molecule has 0 bridgehead atoms. The van der Waals surface area contributed by atoms with Gasteiger partial charge in [-0.3, -0.25) is 15.0 Å². The van der Waals surface area contributed by atoms with E-state index in [1.165, 1.54) is 24.1 Å². The van der Waals surface area contributed by atoms with E-state index in [0.717, 1.165) is 21.8 Å². The van der Waals surface area contributed by atoms with Crippen LogP contribution in [0.3, 0.4) is 0 Å². The Morgan fingerprint density at radius 3 is 2.71 bits per heavy atom. The van der Waals surface area contributed by atoms with Gasteiger partial charge in [-0.1, -0.05) is 29.5 Å². The van der Waals surface area contributed by atoms with Crippen LogP contribution in [0.25, 0.3) is 10.6 Å². The van der Waals surface area contributed by atoms with Crippen molar-refractivity contribution in [2.45, 2.75) is 23.2 Å². The highest BCUT2D eigenvalue weighted by Gasteiger charge is 2.24. The Hall–Kier alpha value is -3.65. The standard InChI is InChI=1S/C22H22N6O5S2/c1-33-19-8-3-2-6-15(19)12-18(22(29)26-30)28-14-16(25-27-28)13-24-35(31,32)21-10-9-20(34-21)17-7-4-5-11-23-17/h2-11,14,18,24,30H,12-13H2,1H3,(H,26,29)/t18-/m0/s1. The summed E-state index contributed by atoms with van der Waals surface area (Å²) in [6, 6.07) is 14.9. The average molecular weight is 515 g/mol. The molecular formula is C22H22N6O5S2. The van der Waals surface area contributed by atoms with Crippen molar-refractivity contribution in [1.29, 1.82) is 0 Å². The largest absolute Gasteiger partial charge is 0.496 e. The van der Waals surface area contributed by atoms with Crippen molar-refractivity contribution in [3.05, 3.63) is 78.2 Å². The number of nitrogens with zero attached hydrogens (tertiary/aromatic N) is 4. The second-order valence-electron chi connectivity index (χ2n) is 7.36. The molecule has 1 amide bonds. The molecule has 13 heteroatoms. The molecule has 0 aliphatic heterocycles. The third-order valence-electron chi connectivity index (χ3n) is 5.10. The van der Waals surface area contributed by atoms with Crippen molar-refractivity contribution in [2.24, 2.45) is 0 Å². The zero-order valence-corrected chi connectivity index (χ0v) is 20.2. The molecule has 0 spiro atoms. The predicted octanol–water partition coefficient (Wildman–Crippen LogP) is 2.18. The molecule has 35 heavy (non-hydrogen) atoms. The van der Waals surface area contributed by atoms with E-state index in [-0.39, 0.29) is 17.2 Å². The molecule has 11 nitrogen and oxygen atoms in total. The molecule has 0 fully saturated rings. The first-order valence-corrected chi connectivity index (χ1v) is 12.7. The number of benzene rings is 1. The van der Waals surface area contributed by atoms with E-state index in [9.17, 15) is 18.4 Å². The van der Waals surface area contributed by atoms with Crippen LogP contribution in [0.15, 0.2) is 71.2 Å². The van der Waals surface area contributed by atoms with Gasteiger partial charge >= 0.3 is 0 Å². The number of thiophene rings is 1. The molecule has 0 radical (unpaired) electrons. The van der Waals surface area contributed by atoms with Gasteiger partial charge in [0.2, 0.25) is 10.0 Å². The molecule has 0 aliphatic carbocycles. The summed E-state index contributed by atoms with van der Waals surface area (Å²) in [5, 5.41) is 17.2. The summed E-state index contributed by atoms with van der Waals surface area (Å²) >= 11 is 1.10. The van der Waals surface area contributed by atoms with E-state index in [0.29, 0.717) is 17.1 Å². The highest BCUT2D eigenvalue weighted by molar-refractivity contribution is 7.91. The van der Waals surface area contributed by atoms with Crippen molar-refractivity contribution in [3.8, 4) is 16.3 Å². The van der Waals surface area contributed by atoms with Crippen LogP contribution < -0.4 is 14.9 Å². The number of pyridine rings is 1. The lowest BCUT2D eigenvalue weighted by atomic mass is 10.0. The Balaban J connectivity index is 1.47. The van der Waals surface area contributed by atoms with E-state index in [2.05, 4.69) is 20.0 Å². The fraction of sp³-hybridized carbons (Fsp3) is 0.182. The lowest BCUT2D eigenvalue weighted by molar-refractivity contribution is -0.133. The number of amides is 1. The van der Waals surface area contributed by atoms with Crippen LogP contribution in [0, 0.1) is 0 Å². The molecule has 1 aromatic carbocycles. The average Bonchev–Trinajstić information content (AvgIpc) is 3.57. The van der Waals surface area contributed by atoms with E-state index in [4.69, 9.17) is 4.74 Å². The second-order valence-corrected chi connectivity index (χ2v) is 10.4. The summed E-state index contributed by atoms with van der Waals surface area (Å²) < 4.78 is 34.8. The van der Waals surface area contributed by atoms with Crippen molar-refractivity contribution >= 4 is 27.3 Å². The van der Waals surface area contributed by atoms with E-state index in [1.54, 1.807) is 54.1 Å². The number of aromatic nitrogens is 4. The van der Waals surface area contributed by atoms with Gasteiger partial charge in [-0.15, -0.1) is 16.4 Å². The minimum atomic E-state index is -3.81. The molecule has 4 rings (SSSR count). The lowest BCUT2D eigenvalue weighted by Gasteiger charge is -2.16. The maximum Gasteiger partial charge on any atom is 0.268 e. The number of sulfonamides is 1. The fourth-order valence-electron chi connectivity index (χ4n) is 3.36. The molecule has 0 unspecified atom stereocenters. The van der Waals surface area contributed by atoms with Crippen molar-refractivity contribution < 1.29 is 23.2 Å². The topological polar surface area (TPSA) is 148 Å². The van der Waals surface area contributed by atoms with Crippen molar-refractivity contribution in [2.75, 3.05) is 7.11 Å². The molecule has 1 atom stereocenters. The zero-order chi connectivity index (χ0) is 24.8. The maximum atomic E-state index is 12.8.